The lowest BCUT2D eigenvalue weighted by molar-refractivity contribution is -0.384. The second kappa shape index (κ2) is 9.52. The Bertz CT molecular complexity index is 1250. The minimum absolute atomic E-state index is 0.0518. The number of rotatable bonds is 8. The number of nitro groups is 1. The van der Waals surface area contributed by atoms with Crippen LogP contribution in [0.5, 0.6) is 0 Å². The minimum Gasteiger partial charge on any atom is -0.387 e. The zero-order chi connectivity index (χ0) is 24.6. The lowest BCUT2D eigenvalue weighted by Gasteiger charge is -2.19. The topological polar surface area (TPSA) is 229 Å². The zero-order valence-corrected chi connectivity index (χ0v) is 18.8. The number of ether oxygens (including phenoxy) is 1. The Kier molecular flexibility index (Phi) is 6.84. The Morgan fingerprint density at radius 1 is 1.24 bits per heavy atom. The third-order valence-electron chi connectivity index (χ3n) is 4.99. The van der Waals surface area contributed by atoms with Crippen LogP contribution in [0.25, 0.3) is 11.2 Å². The molecule has 1 aliphatic heterocycles. The van der Waals surface area contributed by atoms with Gasteiger partial charge in [-0.15, -0.1) is 0 Å². The summed E-state index contributed by atoms with van der Waals surface area (Å²) >= 11 is 1.19. The molecule has 0 aliphatic carbocycles. The fourth-order valence-corrected chi connectivity index (χ4v) is 4.66. The number of nitrogen functional groups attached to an aromatic ring is 1. The molecule has 1 fully saturated rings. The molecule has 0 spiro atoms. The van der Waals surface area contributed by atoms with Crippen molar-refractivity contribution in [1.82, 2.24) is 19.5 Å². The average molecular weight is 514 g/mol. The minimum atomic E-state index is -4.83. The van der Waals surface area contributed by atoms with Crippen LogP contribution in [0.1, 0.15) is 11.8 Å². The van der Waals surface area contributed by atoms with E-state index in [2.05, 4.69) is 19.5 Å². The third-order valence-corrected chi connectivity index (χ3v) is 6.50. The number of anilines is 1. The summed E-state index contributed by atoms with van der Waals surface area (Å²) in [5.41, 5.74) is 7.02. The largest absolute Gasteiger partial charge is 0.469 e. The number of phosphoric acid groups is 1. The third kappa shape index (κ3) is 5.03. The van der Waals surface area contributed by atoms with Crippen molar-refractivity contribution in [2.45, 2.75) is 35.4 Å². The molecule has 182 valence electrons. The standard InChI is InChI=1S/C17H19N6O9PS/c18-14-11-15(20-7-19-14)22(16-13(25)12(24)10(32-16)5-31-33(28,29)30)17(21-11)34-6-8-1-3-9(4-2-8)23(26)27/h1-4,7,10,12-13,16,24-25H,5-6H2,(H2,18,19,20)(H2,28,29,30)/t10-,12-,13-,16?/m1/s1. The molecule has 17 heteroatoms. The number of aliphatic hydroxyl groups is 2. The molecular formula is C17H19N6O9PS. The van der Waals surface area contributed by atoms with Crippen molar-refractivity contribution >= 4 is 42.3 Å². The van der Waals surface area contributed by atoms with Crippen molar-refractivity contribution in [3.63, 3.8) is 0 Å². The van der Waals surface area contributed by atoms with E-state index < -0.39 is 43.9 Å². The highest BCUT2D eigenvalue weighted by Crippen LogP contribution is 2.40. The summed E-state index contributed by atoms with van der Waals surface area (Å²) in [5.74, 6) is 0.389. The number of fused-ring (bicyclic) bond motifs is 1. The number of nitrogens with zero attached hydrogens (tertiary/aromatic N) is 5. The normalized spacial score (nSPS) is 22.9. The van der Waals surface area contributed by atoms with Crippen molar-refractivity contribution in [3.8, 4) is 0 Å². The van der Waals surface area contributed by atoms with Crippen LogP contribution in [-0.2, 0) is 19.6 Å². The predicted octanol–water partition coefficient (Wildman–Crippen LogP) is 0.337. The van der Waals surface area contributed by atoms with E-state index in [0.29, 0.717) is 5.75 Å². The van der Waals surface area contributed by atoms with Gasteiger partial charge in [0, 0.05) is 17.9 Å². The van der Waals surface area contributed by atoms with Crippen LogP contribution in [-0.4, -0.2) is 69.4 Å². The van der Waals surface area contributed by atoms with E-state index in [1.807, 2.05) is 0 Å². The van der Waals surface area contributed by atoms with Gasteiger partial charge in [0.2, 0.25) is 0 Å². The van der Waals surface area contributed by atoms with Crippen LogP contribution in [0.2, 0.25) is 0 Å². The first-order valence-electron chi connectivity index (χ1n) is 9.61. The fourth-order valence-electron chi connectivity index (χ4n) is 3.35. The number of aliphatic hydroxyl groups excluding tert-OH is 2. The molecule has 4 rings (SSSR count). The van der Waals surface area contributed by atoms with Crippen molar-refractivity contribution in [2.75, 3.05) is 12.3 Å². The Hall–Kier alpha value is -2.69. The summed E-state index contributed by atoms with van der Waals surface area (Å²) in [6.07, 6.45) is -4.35. The first kappa shape index (κ1) is 24.4. The van der Waals surface area contributed by atoms with E-state index >= 15 is 0 Å². The molecule has 0 saturated carbocycles. The summed E-state index contributed by atoms with van der Waals surface area (Å²) in [5, 5.41) is 32.1. The van der Waals surface area contributed by atoms with Crippen molar-refractivity contribution in [1.29, 1.82) is 0 Å². The number of benzene rings is 1. The van der Waals surface area contributed by atoms with Gasteiger partial charge in [0.25, 0.3) is 5.69 Å². The van der Waals surface area contributed by atoms with Crippen LogP contribution in [0.3, 0.4) is 0 Å². The number of aromatic nitrogens is 4. The van der Waals surface area contributed by atoms with E-state index in [-0.39, 0.29) is 27.8 Å². The van der Waals surface area contributed by atoms with Crippen LogP contribution in [0.4, 0.5) is 11.5 Å². The Balaban J connectivity index is 1.63. The lowest BCUT2D eigenvalue weighted by Crippen LogP contribution is -2.33. The van der Waals surface area contributed by atoms with Gasteiger partial charge in [0.05, 0.1) is 11.5 Å². The molecule has 0 amide bonds. The van der Waals surface area contributed by atoms with Crippen LogP contribution in [0, 0.1) is 10.1 Å². The summed E-state index contributed by atoms with van der Waals surface area (Å²) < 4.78 is 22.5. The molecule has 15 nitrogen and oxygen atoms in total. The highest BCUT2D eigenvalue weighted by Gasteiger charge is 2.46. The van der Waals surface area contributed by atoms with Gasteiger partial charge in [-0.05, 0) is 5.56 Å². The first-order valence-corrected chi connectivity index (χ1v) is 12.1. The summed E-state index contributed by atoms with van der Waals surface area (Å²) in [6, 6.07) is 5.92. The average Bonchev–Trinajstić information content (AvgIpc) is 3.29. The molecule has 3 aromatic rings. The number of thioether (sulfide) groups is 1. The highest BCUT2D eigenvalue weighted by atomic mass is 32.2. The van der Waals surface area contributed by atoms with Crippen LogP contribution in [0.15, 0.2) is 35.7 Å². The monoisotopic (exact) mass is 514 g/mol. The Morgan fingerprint density at radius 3 is 2.59 bits per heavy atom. The number of nitro benzene ring substituents is 1. The molecule has 0 radical (unpaired) electrons. The molecule has 4 atom stereocenters. The van der Waals surface area contributed by atoms with Gasteiger partial charge in [-0.3, -0.25) is 19.2 Å². The summed E-state index contributed by atoms with van der Waals surface area (Å²) in [6.45, 7) is -0.673. The summed E-state index contributed by atoms with van der Waals surface area (Å²) in [7, 11) is -4.83. The quantitative estimate of drug-likeness (QED) is 0.118. The van der Waals surface area contributed by atoms with Gasteiger partial charge in [0.15, 0.2) is 28.4 Å². The maximum atomic E-state index is 11.0. The highest BCUT2D eigenvalue weighted by molar-refractivity contribution is 7.98. The Morgan fingerprint density at radius 2 is 1.94 bits per heavy atom. The molecule has 0 bridgehead atoms. The fraction of sp³-hybridized carbons (Fsp3) is 0.353. The van der Waals surface area contributed by atoms with E-state index in [4.69, 9.17) is 20.3 Å². The Labute approximate surface area is 195 Å². The van der Waals surface area contributed by atoms with Gasteiger partial charge >= 0.3 is 7.82 Å². The number of phosphoric ester groups is 1. The van der Waals surface area contributed by atoms with E-state index in [9.17, 15) is 24.9 Å². The van der Waals surface area contributed by atoms with Crippen molar-refractivity contribution in [3.05, 3.63) is 46.3 Å². The van der Waals surface area contributed by atoms with Gasteiger partial charge < -0.3 is 30.5 Å². The summed E-state index contributed by atoms with van der Waals surface area (Å²) in [4.78, 5) is 40.7. The molecule has 1 unspecified atom stereocenters. The van der Waals surface area contributed by atoms with Crippen LogP contribution < -0.4 is 5.73 Å². The maximum Gasteiger partial charge on any atom is 0.469 e. The lowest BCUT2D eigenvalue weighted by atomic mass is 10.1. The van der Waals surface area contributed by atoms with Gasteiger partial charge in [-0.1, -0.05) is 23.9 Å². The number of hydrogen-bond acceptors (Lipinski definition) is 12. The molecule has 1 saturated heterocycles. The van der Waals surface area contributed by atoms with E-state index in [1.54, 1.807) is 12.1 Å². The number of nitrogens with two attached hydrogens (primary N) is 1. The molecule has 1 aliphatic rings. The second-order valence-electron chi connectivity index (χ2n) is 7.24. The first-order chi connectivity index (χ1) is 16.0. The van der Waals surface area contributed by atoms with Gasteiger partial charge in [0.1, 0.15) is 24.6 Å². The molecule has 1 aromatic carbocycles. The number of imidazole rings is 1. The van der Waals surface area contributed by atoms with E-state index in [1.165, 1.54) is 34.8 Å². The zero-order valence-electron chi connectivity index (χ0n) is 17.1. The predicted molar refractivity (Wildman–Crippen MR) is 116 cm³/mol. The smallest absolute Gasteiger partial charge is 0.387 e. The number of non-ortho nitro benzene ring substituents is 1. The van der Waals surface area contributed by atoms with Crippen molar-refractivity contribution < 1.29 is 38.7 Å². The molecule has 6 N–H and O–H groups in total. The second-order valence-corrected chi connectivity index (χ2v) is 9.42. The molecule has 3 heterocycles. The molecule has 2 aromatic heterocycles. The number of hydrogen-bond donors (Lipinski definition) is 5. The van der Waals surface area contributed by atoms with Crippen LogP contribution >= 0.6 is 19.6 Å². The SMILES string of the molecule is Nc1ncnc2c1nc(SCc1ccc([N+](=O)[O-])cc1)n2C1O[C@H](COP(=O)(O)O)[C@@H](O)[C@H]1O. The van der Waals surface area contributed by atoms with Gasteiger partial charge in [-0.25, -0.2) is 19.5 Å². The van der Waals surface area contributed by atoms with Crippen molar-refractivity contribution in [2.24, 2.45) is 0 Å². The van der Waals surface area contributed by atoms with E-state index in [0.717, 1.165) is 5.56 Å². The maximum absolute atomic E-state index is 11.0. The molecular weight excluding hydrogens is 495 g/mol. The molecule has 34 heavy (non-hydrogen) atoms. The van der Waals surface area contributed by atoms with Gasteiger partial charge in [-0.2, -0.15) is 0 Å².